The van der Waals surface area contributed by atoms with Crippen LogP contribution in [0.3, 0.4) is 0 Å². The second-order valence-electron chi connectivity index (χ2n) is 7.56. The van der Waals surface area contributed by atoms with Crippen LogP contribution in [0.5, 0.6) is 11.5 Å². The number of para-hydroxylation sites is 2. The highest BCUT2D eigenvalue weighted by Crippen LogP contribution is 2.32. The Balaban J connectivity index is 1.38. The van der Waals surface area contributed by atoms with E-state index in [0.717, 1.165) is 42.9 Å². The number of hydrogen-bond donors (Lipinski definition) is 1. The summed E-state index contributed by atoms with van der Waals surface area (Å²) < 4.78 is 16.6. The summed E-state index contributed by atoms with van der Waals surface area (Å²) >= 11 is 0. The molecule has 1 amide bonds. The number of amides is 1. The molecule has 7 heteroatoms. The fourth-order valence-corrected chi connectivity index (χ4v) is 3.91. The van der Waals surface area contributed by atoms with Crippen molar-refractivity contribution in [1.82, 2.24) is 9.88 Å². The summed E-state index contributed by atoms with van der Waals surface area (Å²) in [6.45, 7) is 3.56. The summed E-state index contributed by atoms with van der Waals surface area (Å²) in [5.74, 6) is 2.28. The van der Waals surface area contributed by atoms with Gasteiger partial charge in [-0.15, -0.1) is 0 Å². The molecular formula is C23H27N3O4. The van der Waals surface area contributed by atoms with Crippen LogP contribution in [0.1, 0.15) is 31.6 Å². The van der Waals surface area contributed by atoms with Gasteiger partial charge in [-0.2, -0.15) is 0 Å². The Kier molecular flexibility index (Phi) is 5.90. The Morgan fingerprint density at radius 2 is 1.93 bits per heavy atom. The first kappa shape index (κ1) is 20.2. The van der Waals surface area contributed by atoms with Gasteiger partial charge in [-0.3, -0.25) is 9.69 Å². The second kappa shape index (κ2) is 8.75. The van der Waals surface area contributed by atoms with Gasteiger partial charge in [0.05, 0.1) is 25.9 Å². The molecule has 1 aliphatic rings. The number of hydrogen-bond acceptors (Lipinski definition) is 6. The minimum atomic E-state index is -0.259. The van der Waals surface area contributed by atoms with Gasteiger partial charge in [0.25, 0.3) is 0 Å². The van der Waals surface area contributed by atoms with E-state index in [1.165, 1.54) is 0 Å². The number of aromatic nitrogens is 1. The van der Waals surface area contributed by atoms with Gasteiger partial charge in [0, 0.05) is 12.0 Å². The predicted octanol–water partition coefficient (Wildman–Crippen LogP) is 4.05. The fourth-order valence-electron chi connectivity index (χ4n) is 3.91. The normalized spacial score (nSPS) is 16.4. The molecule has 1 aliphatic heterocycles. The minimum Gasteiger partial charge on any atom is -0.497 e. The molecule has 0 radical (unpaired) electrons. The average molecular weight is 409 g/mol. The van der Waals surface area contributed by atoms with Gasteiger partial charge in [-0.1, -0.05) is 12.1 Å². The Morgan fingerprint density at radius 1 is 1.17 bits per heavy atom. The van der Waals surface area contributed by atoms with Gasteiger partial charge < -0.3 is 19.2 Å². The molecule has 3 aromatic rings. The van der Waals surface area contributed by atoms with Crippen LogP contribution in [-0.2, 0) is 4.79 Å². The minimum absolute atomic E-state index is 0.0677. The monoisotopic (exact) mass is 409 g/mol. The quantitative estimate of drug-likeness (QED) is 0.662. The standard InChI is InChI=1S/C23H27N3O4/c1-15(22(27)24-19-14-17(28-2)8-9-20(19)29-3)26-12-10-16(11-13-26)23-25-18-6-4-5-7-21(18)30-23/h4-9,14-16H,10-13H2,1-3H3,(H,24,27). The highest BCUT2D eigenvalue weighted by molar-refractivity contribution is 5.96. The number of oxazole rings is 1. The summed E-state index contributed by atoms with van der Waals surface area (Å²) in [6, 6.07) is 12.9. The molecule has 1 atom stereocenters. The van der Waals surface area contributed by atoms with Crippen molar-refractivity contribution in [2.24, 2.45) is 0 Å². The SMILES string of the molecule is COc1ccc(OC)c(NC(=O)C(C)N2CCC(c3nc4ccccc4o3)CC2)c1. The van der Waals surface area contributed by atoms with Crippen molar-refractivity contribution in [3.63, 3.8) is 0 Å². The lowest BCUT2D eigenvalue weighted by atomic mass is 9.95. The topological polar surface area (TPSA) is 76.8 Å². The van der Waals surface area contributed by atoms with Gasteiger partial charge in [0.15, 0.2) is 11.5 Å². The van der Waals surface area contributed by atoms with Gasteiger partial charge in [0.2, 0.25) is 5.91 Å². The molecule has 0 bridgehead atoms. The third-order valence-electron chi connectivity index (χ3n) is 5.78. The Morgan fingerprint density at radius 3 is 2.63 bits per heavy atom. The molecule has 1 aromatic heterocycles. The van der Waals surface area contributed by atoms with E-state index in [2.05, 4.69) is 15.2 Å². The number of anilines is 1. The third-order valence-corrected chi connectivity index (χ3v) is 5.78. The van der Waals surface area contributed by atoms with Crippen LogP contribution in [0.25, 0.3) is 11.1 Å². The maximum atomic E-state index is 12.9. The van der Waals surface area contributed by atoms with Gasteiger partial charge in [-0.25, -0.2) is 4.98 Å². The molecule has 1 N–H and O–H groups in total. The highest BCUT2D eigenvalue weighted by atomic mass is 16.5. The third kappa shape index (κ3) is 4.11. The van der Waals surface area contributed by atoms with Crippen molar-refractivity contribution in [2.45, 2.75) is 31.7 Å². The zero-order valence-electron chi connectivity index (χ0n) is 17.6. The summed E-state index contributed by atoms with van der Waals surface area (Å²) in [7, 11) is 3.18. The smallest absolute Gasteiger partial charge is 0.241 e. The lowest BCUT2D eigenvalue weighted by molar-refractivity contribution is -0.121. The molecule has 1 saturated heterocycles. The summed E-state index contributed by atoms with van der Waals surface area (Å²) in [4.78, 5) is 19.7. The van der Waals surface area contributed by atoms with Gasteiger partial charge in [0.1, 0.15) is 17.0 Å². The van der Waals surface area contributed by atoms with Crippen LogP contribution in [0.2, 0.25) is 0 Å². The van der Waals surface area contributed by atoms with Crippen LogP contribution in [0.15, 0.2) is 46.9 Å². The number of carbonyl (C=O) groups excluding carboxylic acids is 1. The summed E-state index contributed by atoms with van der Waals surface area (Å²) in [5.41, 5.74) is 2.33. The fraction of sp³-hybridized carbons (Fsp3) is 0.391. The number of ether oxygens (including phenoxy) is 2. The Labute approximate surface area is 176 Å². The molecule has 4 rings (SSSR count). The zero-order valence-corrected chi connectivity index (χ0v) is 17.6. The Bertz CT molecular complexity index is 991. The van der Waals surface area contributed by atoms with E-state index in [0.29, 0.717) is 17.2 Å². The molecule has 30 heavy (non-hydrogen) atoms. The maximum Gasteiger partial charge on any atom is 0.241 e. The highest BCUT2D eigenvalue weighted by Gasteiger charge is 2.30. The van der Waals surface area contributed by atoms with E-state index >= 15 is 0 Å². The van der Waals surface area contributed by atoms with Crippen molar-refractivity contribution >= 4 is 22.7 Å². The van der Waals surface area contributed by atoms with Crippen molar-refractivity contribution in [3.8, 4) is 11.5 Å². The van der Waals surface area contributed by atoms with Crippen molar-refractivity contribution in [3.05, 3.63) is 48.4 Å². The second-order valence-corrected chi connectivity index (χ2v) is 7.56. The first-order valence-electron chi connectivity index (χ1n) is 10.2. The number of nitrogens with one attached hydrogen (secondary N) is 1. The molecule has 1 unspecified atom stereocenters. The lowest BCUT2D eigenvalue weighted by Crippen LogP contribution is -2.45. The van der Waals surface area contributed by atoms with E-state index in [4.69, 9.17) is 13.9 Å². The molecule has 2 heterocycles. The Hall–Kier alpha value is -3.06. The van der Waals surface area contributed by atoms with E-state index < -0.39 is 0 Å². The van der Waals surface area contributed by atoms with Crippen LogP contribution in [0.4, 0.5) is 5.69 Å². The first-order valence-corrected chi connectivity index (χ1v) is 10.2. The lowest BCUT2D eigenvalue weighted by Gasteiger charge is -2.34. The number of likely N-dealkylation sites (tertiary alicyclic amines) is 1. The molecule has 0 spiro atoms. The van der Waals surface area contributed by atoms with Crippen LogP contribution >= 0.6 is 0 Å². The number of benzene rings is 2. The van der Waals surface area contributed by atoms with Gasteiger partial charge >= 0.3 is 0 Å². The molecule has 1 fully saturated rings. The van der Waals surface area contributed by atoms with E-state index in [1.54, 1.807) is 32.4 Å². The number of nitrogens with zero attached hydrogens (tertiary/aromatic N) is 2. The van der Waals surface area contributed by atoms with E-state index in [1.807, 2.05) is 31.2 Å². The number of rotatable bonds is 6. The number of piperidine rings is 1. The van der Waals surface area contributed by atoms with E-state index in [-0.39, 0.29) is 17.9 Å². The van der Waals surface area contributed by atoms with Crippen molar-refractivity contribution in [1.29, 1.82) is 0 Å². The average Bonchev–Trinajstić information content (AvgIpc) is 3.23. The number of carbonyl (C=O) groups is 1. The molecule has 158 valence electrons. The van der Waals surface area contributed by atoms with Crippen molar-refractivity contribution in [2.75, 3.05) is 32.6 Å². The molecular weight excluding hydrogens is 382 g/mol. The molecule has 2 aromatic carbocycles. The van der Waals surface area contributed by atoms with Crippen LogP contribution in [-0.4, -0.2) is 49.1 Å². The zero-order chi connectivity index (χ0) is 21.1. The van der Waals surface area contributed by atoms with Gasteiger partial charge in [-0.05, 0) is 57.1 Å². The summed E-state index contributed by atoms with van der Waals surface area (Å²) in [6.07, 6.45) is 1.82. The van der Waals surface area contributed by atoms with E-state index in [9.17, 15) is 4.79 Å². The number of fused-ring (bicyclic) bond motifs is 1. The summed E-state index contributed by atoms with van der Waals surface area (Å²) in [5, 5.41) is 2.98. The molecule has 0 saturated carbocycles. The van der Waals surface area contributed by atoms with Crippen LogP contribution < -0.4 is 14.8 Å². The molecule has 7 nitrogen and oxygen atoms in total. The van der Waals surface area contributed by atoms with Crippen molar-refractivity contribution < 1.29 is 18.7 Å². The number of methoxy groups -OCH3 is 2. The predicted molar refractivity (Wildman–Crippen MR) is 115 cm³/mol. The first-order chi connectivity index (χ1) is 14.6. The van der Waals surface area contributed by atoms with Crippen LogP contribution in [0, 0.1) is 0 Å². The maximum absolute atomic E-state index is 12.9. The largest absolute Gasteiger partial charge is 0.497 e. The molecule has 0 aliphatic carbocycles.